The van der Waals surface area contributed by atoms with E-state index in [2.05, 4.69) is 37.6 Å². The number of aromatic nitrogens is 2. The van der Waals surface area contributed by atoms with Gasteiger partial charge in [0.05, 0.1) is 6.54 Å². The van der Waals surface area contributed by atoms with Gasteiger partial charge in [-0.05, 0) is 25.7 Å². The van der Waals surface area contributed by atoms with E-state index in [0.717, 1.165) is 18.5 Å². The summed E-state index contributed by atoms with van der Waals surface area (Å²) in [6.07, 6.45) is 2.73. The van der Waals surface area contributed by atoms with Crippen LogP contribution >= 0.6 is 0 Å². The van der Waals surface area contributed by atoms with E-state index in [-0.39, 0.29) is 0 Å². The highest BCUT2D eigenvalue weighted by atomic mass is 16.5. The second-order valence-corrected chi connectivity index (χ2v) is 6.07. The van der Waals surface area contributed by atoms with Crippen molar-refractivity contribution in [2.24, 2.45) is 10.9 Å². The van der Waals surface area contributed by atoms with E-state index in [0.29, 0.717) is 30.2 Å². The van der Waals surface area contributed by atoms with Gasteiger partial charge in [0, 0.05) is 32.2 Å². The smallest absolute Gasteiger partial charge is 0.246 e. The number of aryl methyl sites for hydroxylation is 1. The largest absolute Gasteiger partial charge is 0.352 e. The lowest BCUT2D eigenvalue weighted by Gasteiger charge is -2.19. The molecule has 0 aromatic carbocycles. The number of rotatable bonds is 4. The van der Waals surface area contributed by atoms with E-state index in [9.17, 15) is 0 Å². The van der Waals surface area contributed by atoms with Gasteiger partial charge in [0.25, 0.3) is 0 Å². The molecule has 2 unspecified atom stereocenters. The SMILES string of the molecule is CN=C(NCc1nc(C)no1)NC1CN(C2CC2)CC1C. The van der Waals surface area contributed by atoms with Crippen molar-refractivity contribution in [3.8, 4) is 0 Å². The number of guanidine groups is 1. The van der Waals surface area contributed by atoms with Crippen LogP contribution in [0.1, 0.15) is 31.5 Å². The van der Waals surface area contributed by atoms with Crippen molar-refractivity contribution in [3.63, 3.8) is 0 Å². The first-order chi connectivity index (χ1) is 10.2. The van der Waals surface area contributed by atoms with Gasteiger partial charge in [-0.2, -0.15) is 4.98 Å². The highest BCUT2D eigenvalue weighted by Gasteiger charge is 2.38. The summed E-state index contributed by atoms with van der Waals surface area (Å²) >= 11 is 0. The maximum Gasteiger partial charge on any atom is 0.246 e. The van der Waals surface area contributed by atoms with Crippen LogP contribution in [0.2, 0.25) is 0 Å². The highest BCUT2D eigenvalue weighted by molar-refractivity contribution is 5.79. The minimum atomic E-state index is 0.446. The second kappa shape index (κ2) is 6.01. The van der Waals surface area contributed by atoms with Crippen LogP contribution < -0.4 is 10.6 Å². The van der Waals surface area contributed by atoms with Gasteiger partial charge in [-0.15, -0.1) is 0 Å². The van der Waals surface area contributed by atoms with Gasteiger partial charge in [-0.25, -0.2) is 0 Å². The molecule has 3 rings (SSSR count). The van der Waals surface area contributed by atoms with E-state index in [1.54, 1.807) is 7.05 Å². The van der Waals surface area contributed by atoms with E-state index in [1.165, 1.54) is 19.4 Å². The number of aliphatic imine (C=N–C) groups is 1. The van der Waals surface area contributed by atoms with E-state index in [4.69, 9.17) is 4.52 Å². The molecule has 2 heterocycles. The molecule has 1 aromatic heterocycles. The average Bonchev–Trinajstić information content (AvgIpc) is 3.14. The number of nitrogens with zero attached hydrogens (tertiary/aromatic N) is 4. The van der Waals surface area contributed by atoms with Crippen molar-refractivity contribution < 1.29 is 4.52 Å². The Bertz CT molecular complexity index is 509. The molecule has 2 N–H and O–H groups in total. The molecule has 2 fully saturated rings. The fourth-order valence-corrected chi connectivity index (χ4v) is 2.87. The number of likely N-dealkylation sites (tertiary alicyclic amines) is 1. The van der Waals surface area contributed by atoms with Crippen LogP contribution in [-0.4, -0.2) is 53.2 Å². The van der Waals surface area contributed by atoms with Crippen LogP contribution in [0.4, 0.5) is 0 Å². The van der Waals surface area contributed by atoms with Crippen molar-refractivity contribution in [3.05, 3.63) is 11.7 Å². The molecule has 0 amide bonds. The Morgan fingerprint density at radius 1 is 1.43 bits per heavy atom. The van der Waals surface area contributed by atoms with E-state index in [1.807, 2.05) is 6.92 Å². The molecule has 0 spiro atoms. The summed E-state index contributed by atoms with van der Waals surface area (Å²) in [5.41, 5.74) is 0. The maximum absolute atomic E-state index is 5.09. The molecule has 1 aliphatic carbocycles. The molecule has 2 atom stereocenters. The third kappa shape index (κ3) is 3.53. The highest BCUT2D eigenvalue weighted by Crippen LogP contribution is 2.31. The normalized spacial score (nSPS) is 27.1. The zero-order valence-electron chi connectivity index (χ0n) is 13.0. The maximum atomic E-state index is 5.09. The summed E-state index contributed by atoms with van der Waals surface area (Å²) < 4.78 is 5.09. The minimum absolute atomic E-state index is 0.446. The van der Waals surface area contributed by atoms with Crippen LogP contribution in [0.25, 0.3) is 0 Å². The summed E-state index contributed by atoms with van der Waals surface area (Å²) in [6, 6.07) is 1.27. The van der Waals surface area contributed by atoms with Crippen LogP contribution in [0.15, 0.2) is 9.52 Å². The minimum Gasteiger partial charge on any atom is -0.352 e. The molecule has 7 nitrogen and oxygen atoms in total. The molecule has 1 saturated carbocycles. The molecule has 21 heavy (non-hydrogen) atoms. The third-order valence-electron chi connectivity index (χ3n) is 4.23. The van der Waals surface area contributed by atoms with Gasteiger partial charge < -0.3 is 15.2 Å². The molecule has 7 heteroatoms. The molecule has 1 aromatic rings. The number of hydrogen-bond donors (Lipinski definition) is 2. The predicted octanol–water partition coefficient (Wildman–Crippen LogP) is 0.526. The van der Waals surface area contributed by atoms with Crippen molar-refractivity contribution in [2.75, 3.05) is 20.1 Å². The van der Waals surface area contributed by atoms with Gasteiger partial charge >= 0.3 is 0 Å². The van der Waals surface area contributed by atoms with Crippen LogP contribution in [0, 0.1) is 12.8 Å². The summed E-state index contributed by atoms with van der Waals surface area (Å²) in [7, 11) is 1.78. The van der Waals surface area contributed by atoms with Crippen molar-refractivity contribution in [2.45, 2.75) is 45.3 Å². The Morgan fingerprint density at radius 3 is 2.86 bits per heavy atom. The molecule has 2 aliphatic rings. The number of nitrogens with one attached hydrogen (secondary N) is 2. The molecule has 116 valence electrons. The molecule has 1 aliphatic heterocycles. The van der Waals surface area contributed by atoms with Gasteiger partial charge in [-0.1, -0.05) is 12.1 Å². The quantitative estimate of drug-likeness (QED) is 0.622. The summed E-state index contributed by atoms with van der Waals surface area (Å²) in [6.45, 7) is 6.89. The lowest BCUT2D eigenvalue weighted by Crippen LogP contribution is -2.46. The zero-order valence-corrected chi connectivity index (χ0v) is 13.0. The van der Waals surface area contributed by atoms with Crippen LogP contribution in [0.5, 0.6) is 0 Å². The number of hydrogen-bond acceptors (Lipinski definition) is 5. The van der Waals surface area contributed by atoms with Gasteiger partial charge in [-0.3, -0.25) is 9.89 Å². The van der Waals surface area contributed by atoms with Crippen molar-refractivity contribution in [1.82, 2.24) is 25.7 Å². The first-order valence-corrected chi connectivity index (χ1v) is 7.66. The van der Waals surface area contributed by atoms with Gasteiger partial charge in [0.15, 0.2) is 11.8 Å². The Kier molecular flexibility index (Phi) is 4.10. The summed E-state index contributed by atoms with van der Waals surface area (Å²) in [5, 5.41) is 10.5. The third-order valence-corrected chi connectivity index (χ3v) is 4.23. The Balaban J connectivity index is 1.50. The Labute approximate surface area is 125 Å². The lowest BCUT2D eigenvalue weighted by molar-refractivity contribution is 0.315. The summed E-state index contributed by atoms with van der Waals surface area (Å²) in [4.78, 5) is 11.0. The predicted molar refractivity (Wildman–Crippen MR) is 79.9 cm³/mol. The average molecular weight is 292 g/mol. The molecule has 1 saturated heterocycles. The van der Waals surface area contributed by atoms with Gasteiger partial charge in [0.2, 0.25) is 5.89 Å². The van der Waals surface area contributed by atoms with Crippen LogP contribution in [-0.2, 0) is 6.54 Å². The van der Waals surface area contributed by atoms with E-state index >= 15 is 0 Å². The fraction of sp³-hybridized carbons (Fsp3) is 0.786. The Morgan fingerprint density at radius 2 is 2.24 bits per heavy atom. The monoisotopic (exact) mass is 292 g/mol. The van der Waals surface area contributed by atoms with Crippen molar-refractivity contribution >= 4 is 5.96 Å². The zero-order chi connectivity index (χ0) is 14.8. The second-order valence-electron chi connectivity index (χ2n) is 6.07. The summed E-state index contributed by atoms with van der Waals surface area (Å²) in [5.74, 6) is 2.66. The first-order valence-electron chi connectivity index (χ1n) is 7.66. The first kappa shape index (κ1) is 14.3. The standard InChI is InChI=1S/C14H24N6O/c1-9-7-20(11-4-5-11)8-12(9)18-14(15-3)16-6-13-17-10(2)19-21-13/h9,11-12H,4-8H2,1-3H3,(H2,15,16,18). The van der Waals surface area contributed by atoms with E-state index < -0.39 is 0 Å². The topological polar surface area (TPSA) is 78.6 Å². The lowest BCUT2D eigenvalue weighted by atomic mass is 10.1. The molecular weight excluding hydrogens is 268 g/mol. The van der Waals surface area contributed by atoms with Crippen molar-refractivity contribution in [1.29, 1.82) is 0 Å². The molecule has 0 bridgehead atoms. The van der Waals surface area contributed by atoms with Gasteiger partial charge in [0.1, 0.15) is 0 Å². The molecular formula is C14H24N6O. The fourth-order valence-electron chi connectivity index (χ4n) is 2.87. The Hall–Kier alpha value is -1.63. The van der Waals surface area contributed by atoms with Crippen LogP contribution in [0.3, 0.4) is 0 Å². The molecule has 0 radical (unpaired) electrons.